The van der Waals surface area contributed by atoms with Crippen molar-refractivity contribution in [3.8, 4) is 0 Å². The Kier molecular flexibility index (Phi) is 8.34. The van der Waals surface area contributed by atoms with Crippen molar-refractivity contribution in [1.82, 2.24) is 5.32 Å². The van der Waals surface area contributed by atoms with Crippen molar-refractivity contribution in [2.24, 2.45) is 0 Å². The number of carbonyl (C=O) groups is 1. The Morgan fingerprint density at radius 2 is 2.00 bits per heavy atom. The monoisotopic (exact) mass is 267 g/mol. The second kappa shape index (κ2) is 9.97. The Balaban J connectivity index is 2.01. The molecule has 0 heterocycles. The van der Waals surface area contributed by atoms with E-state index in [9.17, 15) is 4.79 Å². The Bertz CT molecular complexity index is 330. The first-order valence-electron chi connectivity index (χ1n) is 6.32. The largest absolute Gasteiger partial charge is 0.396 e. The fourth-order valence-electron chi connectivity index (χ4n) is 1.52. The molecule has 0 saturated carbocycles. The van der Waals surface area contributed by atoms with Crippen LogP contribution in [0, 0.1) is 0 Å². The summed E-state index contributed by atoms with van der Waals surface area (Å²) in [5.74, 6) is 1.98. The van der Waals surface area contributed by atoms with Gasteiger partial charge in [0.15, 0.2) is 0 Å². The summed E-state index contributed by atoms with van der Waals surface area (Å²) in [5.41, 5.74) is 1.20. The number of amides is 1. The SMILES string of the molecule is O=C(CCc1ccccc1)NCCSCCCO. The van der Waals surface area contributed by atoms with Crippen LogP contribution in [0.2, 0.25) is 0 Å². The summed E-state index contributed by atoms with van der Waals surface area (Å²) in [6.07, 6.45) is 2.17. The van der Waals surface area contributed by atoms with Crippen LogP contribution in [0.5, 0.6) is 0 Å². The lowest BCUT2D eigenvalue weighted by Gasteiger charge is -2.05. The number of rotatable bonds is 9. The fourth-order valence-corrected chi connectivity index (χ4v) is 2.31. The van der Waals surface area contributed by atoms with Crippen molar-refractivity contribution in [2.75, 3.05) is 24.7 Å². The van der Waals surface area contributed by atoms with Crippen LogP contribution in [0.15, 0.2) is 30.3 Å². The number of hydrogen-bond donors (Lipinski definition) is 2. The van der Waals surface area contributed by atoms with Gasteiger partial charge in [-0.15, -0.1) is 0 Å². The Morgan fingerprint density at radius 3 is 2.72 bits per heavy atom. The van der Waals surface area contributed by atoms with E-state index in [1.807, 2.05) is 30.3 Å². The summed E-state index contributed by atoms with van der Waals surface area (Å²) < 4.78 is 0. The average Bonchev–Trinajstić information content (AvgIpc) is 2.41. The molecule has 0 aromatic heterocycles. The number of hydrogen-bond acceptors (Lipinski definition) is 3. The molecule has 18 heavy (non-hydrogen) atoms. The van der Waals surface area contributed by atoms with E-state index < -0.39 is 0 Å². The van der Waals surface area contributed by atoms with Crippen LogP contribution in [-0.4, -0.2) is 35.7 Å². The molecule has 0 fully saturated rings. The van der Waals surface area contributed by atoms with Crippen molar-refractivity contribution < 1.29 is 9.90 Å². The van der Waals surface area contributed by atoms with Gasteiger partial charge in [0.1, 0.15) is 0 Å². The molecule has 1 rings (SSSR count). The zero-order valence-corrected chi connectivity index (χ0v) is 11.4. The molecule has 0 aliphatic heterocycles. The zero-order valence-electron chi connectivity index (χ0n) is 10.6. The highest BCUT2D eigenvalue weighted by molar-refractivity contribution is 7.99. The maximum Gasteiger partial charge on any atom is 0.220 e. The van der Waals surface area contributed by atoms with Crippen LogP contribution in [0.1, 0.15) is 18.4 Å². The fraction of sp³-hybridized carbons (Fsp3) is 0.500. The smallest absolute Gasteiger partial charge is 0.220 e. The third-order valence-electron chi connectivity index (χ3n) is 2.50. The zero-order chi connectivity index (χ0) is 13.1. The first-order chi connectivity index (χ1) is 8.83. The van der Waals surface area contributed by atoms with Gasteiger partial charge in [0.05, 0.1) is 0 Å². The summed E-state index contributed by atoms with van der Waals surface area (Å²) in [4.78, 5) is 11.5. The first-order valence-corrected chi connectivity index (χ1v) is 7.47. The van der Waals surface area contributed by atoms with Gasteiger partial charge < -0.3 is 10.4 Å². The maximum atomic E-state index is 11.5. The lowest BCUT2D eigenvalue weighted by molar-refractivity contribution is -0.120. The molecule has 1 aromatic carbocycles. The lowest BCUT2D eigenvalue weighted by Crippen LogP contribution is -2.26. The molecule has 3 nitrogen and oxygen atoms in total. The van der Waals surface area contributed by atoms with Crippen LogP contribution in [0.3, 0.4) is 0 Å². The molecule has 0 aliphatic rings. The van der Waals surface area contributed by atoms with E-state index in [0.29, 0.717) is 13.0 Å². The highest BCUT2D eigenvalue weighted by Gasteiger charge is 2.01. The van der Waals surface area contributed by atoms with Gasteiger partial charge in [0.25, 0.3) is 0 Å². The number of aliphatic hydroxyl groups is 1. The molecule has 4 heteroatoms. The van der Waals surface area contributed by atoms with Crippen LogP contribution in [-0.2, 0) is 11.2 Å². The molecule has 0 atom stereocenters. The van der Waals surface area contributed by atoms with E-state index in [1.54, 1.807) is 11.8 Å². The molecule has 0 unspecified atom stereocenters. The quantitative estimate of drug-likeness (QED) is 0.671. The number of benzene rings is 1. The number of aliphatic hydroxyl groups excluding tert-OH is 1. The molecule has 2 N–H and O–H groups in total. The minimum atomic E-state index is 0.113. The van der Waals surface area contributed by atoms with Crippen molar-refractivity contribution in [3.63, 3.8) is 0 Å². The second-order valence-corrected chi connectivity index (χ2v) is 5.25. The molecule has 0 aliphatic carbocycles. The van der Waals surface area contributed by atoms with Crippen molar-refractivity contribution >= 4 is 17.7 Å². The van der Waals surface area contributed by atoms with Gasteiger partial charge in [-0.3, -0.25) is 4.79 Å². The van der Waals surface area contributed by atoms with Crippen LogP contribution in [0.4, 0.5) is 0 Å². The van der Waals surface area contributed by atoms with E-state index in [2.05, 4.69) is 5.32 Å². The molecule has 0 bridgehead atoms. The second-order valence-electron chi connectivity index (χ2n) is 4.03. The van der Waals surface area contributed by atoms with Crippen molar-refractivity contribution in [1.29, 1.82) is 0 Å². The van der Waals surface area contributed by atoms with E-state index in [0.717, 1.165) is 24.3 Å². The summed E-state index contributed by atoms with van der Waals surface area (Å²) >= 11 is 1.76. The minimum Gasteiger partial charge on any atom is -0.396 e. The van der Waals surface area contributed by atoms with Gasteiger partial charge in [-0.25, -0.2) is 0 Å². The van der Waals surface area contributed by atoms with Gasteiger partial charge in [-0.2, -0.15) is 11.8 Å². The van der Waals surface area contributed by atoms with Gasteiger partial charge in [0.2, 0.25) is 5.91 Å². The van der Waals surface area contributed by atoms with E-state index >= 15 is 0 Å². The molecule has 0 saturated heterocycles. The standard InChI is InChI=1S/C14H21NO2S/c16-10-4-11-18-12-9-15-14(17)8-7-13-5-2-1-3-6-13/h1-3,5-6,16H,4,7-12H2,(H,15,17). The molecule has 1 amide bonds. The van der Waals surface area contributed by atoms with Gasteiger partial charge >= 0.3 is 0 Å². The molecule has 0 radical (unpaired) electrons. The Morgan fingerprint density at radius 1 is 1.22 bits per heavy atom. The molecule has 100 valence electrons. The Hall–Kier alpha value is -1.00. The van der Waals surface area contributed by atoms with Crippen LogP contribution in [0.25, 0.3) is 0 Å². The van der Waals surface area contributed by atoms with Crippen molar-refractivity contribution in [3.05, 3.63) is 35.9 Å². The number of nitrogens with one attached hydrogen (secondary N) is 1. The first kappa shape index (κ1) is 15.1. The summed E-state index contributed by atoms with van der Waals surface area (Å²) in [6, 6.07) is 10.0. The summed E-state index contributed by atoms with van der Waals surface area (Å²) in [5, 5.41) is 11.5. The topological polar surface area (TPSA) is 49.3 Å². The average molecular weight is 267 g/mol. The third-order valence-corrected chi connectivity index (χ3v) is 3.57. The van der Waals surface area contributed by atoms with E-state index in [4.69, 9.17) is 5.11 Å². The third kappa shape index (κ3) is 7.35. The maximum absolute atomic E-state index is 11.5. The van der Waals surface area contributed by atoms with E-state index in [-0.39, 0.29) is 12.5 Å². The van der Waals surface area contributed by atoms with Gasteiger partial charge in [0, 0.05) is 25.3 Å². The van der Waals surface area contributed by atoms with E-state index in [1.165, 1.54) is 5.56 Å². The molecular formula is C14H21NO2S. The number of aryl methyl sites for hydroxylation is 1. The highest BCUT2D eigenvalue weighted by Crippen LogP contribution is 2.03. The van der Waals surface area contributed by atoms with Crippen molar-refractivity contribution in [2.45, 2.75) is 19.3 Å². The van der Waals surface area contributed by atoms with Gasteiger partial charge in [-0.05, 0) is 24.2 Å². The predicted octanol–water partition coefficient (Wildman–Crippen LogP) is 1.85. The van der Waals surface area contributed by atoms with Crippen LogP contribution >= 0.6 is 11.8 Å². The molecule has 0 spiro atoms. The predicted molar refractivity (Wildman–Crippen MR) is 76.8 cm³/mol. The normalized spacial score (nSPS) is 10.3. The molecular weight excluding hydrogens is 246 g/mol. The lowest BCUT2D eigenvalue weighted by atomic mass is 10.1. The summed E-state index contributed by atoms with van der Waals surface area (Å²) in [6.45, 7) is 0.958. The summed E-state index contributed by atoms with van der Waals surface area (Å²) in [7, 11) is 0. The molecule has 1 aromatic rings. The Labute approximate surface area is 113 Å². The van der Waals surface area contributed by atoms with Crippen LogP contribution < -0.4 is 5.32 Å². The number of carbonyl (C=O) groups excluding carboxylic acids is 1. The minimum absolute atomic E-state index is 0.113. The van der Waals surface area contributed by atoms with Gasteiger partial charge in [-0.1, -0.05) is 30.3 Å². The number of thioether (sulfide) groups is 1. The highest BCUT2D eigenvalue weighted by atomic mass is 32.2.